The molecule has 0 bridgehead atoms. The highest BCUT2D eigenvalue weighted by atomic mass is 32.2. The fourth-order valence-electron chi connectivity index (χ4n) is 4.04. The molecule has 2 aromatic carbocycles. The van der Waals surface area contributed by atoms with Gasteiger partial charge in [0.25, 0.3) is 5.69 Å². The highest BCUT2D eigenvalue weighted by molar-refractivity contribution is 7.99. The SMILES string of the molecule is CCCCCCCCCCCCCCCCCOc1ccc(Sc2ccc([N+](=O)[O-])cc2)cc1. The molecule has 0 N–H and O–H groups in total. The van der Waals surface area contributed by atoms with Crippen LogP contribution in [0.3, 0.4) is 0 Å². The molecule has 5 heteroatoms. The maximum atomic E-state index is 10.7. The number of hydrogen-bond acceptors (Lipinski definition) is 4. The van der Waals surface area contributed by atoms with E-state index in [2.05, 4.69) is 6.92 Å². The average Bonchev–Trinajstić information content (AvgIpc) is 2.85. The lowest BCUT2D eigenvalue weighted by Gasteiger charge is -2.07. The Morgan fingerprint density at radius 1 is 0.647 bits per heavy atom. The van der Waals surface area contributed by atoms with E-state index < -0.39 is 0 Å². The fourth-order valence-corrected chi connectivity index (χ4v) is 4.86. The van der Waals surface area contributed by atoms with Crippen LogP contribution in [0.15, 0.2) is 58.3 Å². The van der Waals surface area contributed by atoms with Crippen molar-refractivity contribution in [2.45, 2.75) is 113 Å². The monoisotopic (exact) mass is 485 g/mol. The molecule has 2 aromatic rings. The second-order valence-electron chi connectivity index (χ2n) is 9.12. The van der Waals surface area contributed by atoms with E-state index in [0.29, 0.717) is 0 Å². The zero-order valence-electron chi connectivity index (χ0n) is 21.0. The molecular weight excluding hydrogens is 442 g/mol. The minimum atomic E-state index is -0.376. The normalized spacial score (nSPS) is 11.0. The van der Waals surface area contributed by atoms with Gasteiger partial charge < -0.3 is 4.74 Å². The van der Waals surface area contributed by atoms with Crippen LogP contribution in [0.25, 0.3) is 0 Å². The van der Waals surface area contributed by atoms with Crippen molar-refractivity contribution in [2.75, 3.05) is 6.61 Å². The van der Waals surface area contributed by atoms with Gasteiger partial charge >= 0.3 is 0 Å². The first kappa shape index (κ1) is 28.2. The highest BCUT2D eigenvalue weighted by Crippen LogP contribution is 2.30. The standard InChI is InChI=1S/C29H43NO3S/c1-2-3-4-5-6-7-8-9-10-11-12-13-14-15-16-25-33-27-19-23-29(24-20-27)34-28-21-17-26(18-22-28)30(31)32/h17-24H,2-16,25H2,1H3. The maximum absolute atomic E-state index is 10.7. The summed E-state index contributed by atoms with van der Waals surface area (Å²) in [6, 6.07) is 14.7. The zero-order valence-corrected chi connectivity index (χ0v) is 21.8. The van der Waals surface area contributed by atoms with E-state index in [1.54, 1.807) is 23.9 Å². The van der Waals surface area contributed by atoms with Crippen LogP contribution in [0.1, 0.15) is 103 Å². The molecule has 2 rings (SSSR count). The van der Waals surface area contributed by atoms with Gasteiger partial charge in [0.15, 0.2) is 0 Å². The predicted octanol–water partition coefficient (Wildman–Crippen LogP) is 10.00. The van der Waals surface area contributed by atoms with Gasteiger partial charge in [-0.25, -0.2) is 0 Å². The minimum Gasteiger partial charge on any atom is -0.494 e. The summed E-state index contributed by atoms with van der Waals surface area (Å²) in [4.78, 5) is 12.4. The molecule has 0 saturated carbocycles. The largest absolute Gasteiger partial charge is 0.494 e. The summed E-state index contributed by atoms with van der Waals surface area (Å²) in [6.45, 7) is 3.05. The molecule has 0 aliphatic carbocycles. The molecule has 0 aromatic heterocycles. The molecule has 0 unspecified atom stereocenters. The molecular formula is C29H43NO3S. The van der Waals surface area contributed by atoms with E-state index in [-0.39, 0.29) is 10.6 Å². The molecule has 0 spiro atoms. The lowest BCUT2D eigenvalue weighted by atomic mass is 10.0. The van der Waals surface area contributed by atoms with E-state index in [1.807, 2.05) is 24.3 Å². The number of non-ortho nitro benzene ring substituents is 1. The lowest BCUT2D eigenvalue weighted by Crippen LogP contribution is -1.97. The summed E-state index contributed by atoms with van der Waals surface area (Å²) in [5, 5.41) is 10.7. The van der Waals surface area contributed by atoms with Crippen LogP contribution >= 0.6 is 11.8 Å². The van der Waals surface area contributed by atoms with E-state index >= 15 is 0 Å². The topological polar surface area (TPSA) is 52.4 Å². The summed E-state index contributed by atoms with van der Waals surface area (Å²) in [7, 11) is 0. The summed E-state index contributed by atoms with van der Waals surface area (Å²) in [5.74, 6) is 0.901. The maximum Gasteiger partial charge on any atom is 0.269 e. The van der Waals surface area contributed by atoms with Gasteiger partial charge in [0.05, 0.1) is 11.5 Å². The van der Waals surface area contributed by atoms with Gasteiger partial charge in [-0.05, 0) is 42.8 Å². The van der Waals surface area contributed by atoms with Crippen LogP contribution in [0.5, 0.6) is 5.75 Å². The number of nitro groups is 1. The van der Waals surface area contributed by atoms with Crippen LogP contribution in [0.4, 0.5) is 5.69 Å². The van der Waals surface area contributed by atoms with Crippen LogP contribution in [-0.4, -0.2) is 11.5 Å². The second-order valence-corrected chi connectivity index (χ2v) is 10.3. The van der Waals surface area contributed by atoms with Crippen molar-refractivity contribution in [3.05, 3.63) is 58.6 Å². The van der Waals surface area contributed by atoms with Gasteiger partial charge in [-0.1, -0.05) is 109 Å². The van der Waals surface area contributed by atoms with Crippen molar-refractivity contribution in [1.82, 2.24) is 0 Å². The van der Waals surface area contributed by atoms with Crippen LogP contribution in [-0.2, 0) is 0 Å². The Morgan fingerprint density at radius 2 is 1.06 bits per heavy atom. The third-order valence-electron chi connectivity index (χ3n) is 6.12. The fraction of sp³-hybridized carbons (Fsp3) is 0.586. The zero-order chi connectivity index (χ0) is 24.3. The molecule has 34 heavy (non-hydrogen) atoms. The summed E-state index contributed by atoms with van der Waals surface area (Å²) in [6.07, 6.45) is 20.6. The van der Waals surface area contributed by atoms with Crippen molar-refractivity contribution in [1.29, 1.82) is 0 Å². The number of rotatable bonds is 20. The Morgan fingerprint density at radius 3 is 1.50 bits per heavy atom. The van der Waals surface area contributed by atoms with Crippen LogP contribution in [0, 0.1) is 10.1 Å². The molecule has 0 aliphatic heterocycles. The quantitative estimate of drug-likeness (QED) is 0.106. The molecule has 0 saturated heterocycles. The molecule has 0 heterocycles. The summed E-state index contributed by atoms with van der Waals surface area (Å²) in [5.41, 5.74) is 0.118. The molecule has 0 fully saturated rings. The van der Waals surface area contributed by atoms with Crippen molar-refractivity contribution >= 4 is 17.4 Å². The number of hydrogen-bond donors (Lipinski definition) is 0. The summed E-state index contributed by atoms with van der Waals surface area (Å²) < 4.78 is 5.88. The number of benzene rings is 2. The third kappa shape index (κ3) is 13.0. The first-order valence-electron chi connectivity index (χ1n) is 13.3. The van der Waals surface area contributed by atoms with Gasteiger partial charge in [-0.3, -0.25) is 10.1 Å². The second kappa shape index (κ2) is 18.3. The molecule has 0 amide bonds. The van der Waals surface area contributed by atoms with Crippen molar-refractivity contribution in [3.8, 4) is 5.75 Å². The summed E-state index contributed by atoms with van der Waals surface area (Å²) >= 11 is 1.59. The van der Waals surface area contributed by atoms with Gasteiger partial charge in [-0.15, -0.1) is 0 Å². The third-order valence-corrected chi connectivity index (χ3v) is 7.14. The molecule has 0 aliphatic rings. The number of nitrogens with zero attached hydrogens (tertiary/aromatic N) is 1. The molecule has 0 radical (unpaired) electrons. The Balaban J connectivity index is 1.42. The first-order chi connectivity index (χ1) is 16.7. The lowest BCUT2D eigenvalue weighted by molar-refractivity contribution is -0.384. The molecule has 188 valence electrons. The predicted molar refractivity (Wildman–Crippen MR) is 144 cm³/mol. The van der Waals surface area contributed by atoms with Crippen molar-refractivity contribution in [2.24, 2.45) is 0 Å². The Kier molecular flexibility index (Phi) is 15.2. The Bertz CT molecular complexity index is 777. The van der Waals surface area contributed by atoms with Gasteiger partial charge in [0.2, 0.25) is 0 Å². The Labute approximate surface area is 211 Å². The Hall–Kier alpha value is -2.01. The molecule has 0 atom stereocenters. The van der Waals surface area contributed by atoms with Gasteiger partial charge in [0, 0.05) is 21.9 Å². The smallest absolute Gasteiger partial charge is 0.269 e. The highest BCUT2D eigenvalue weighted by Gasteiger charge is 2.05. The number of unbranched alkanes of at least 4 members (excludes halogenated alkanes) is 14. The minimum absolute atomic E-state index is 0.118. The van der Waals surface area contributed by atoms with E-state index in [9.17, 15) is 10.1 Å². The van der Waals surface area contributed by atoms with Gasteiger partial charge in [0.1, 0.15) is 5.75 Å². The van der Waals surface area contributed by atoms with Crippen molar-refractivity contribution < 1.29 is 9.66 Å². The van der Waals surface area contributed by atoms with Crippen molar-refractivity contribution in [3.63, 3.8) is 0 Å². The van der Waals surface area contributed by atoms with E-state index in [1.165, 1.54) is 102 Å². The van der Waals surface area contributed by atoms with Crippen LogP contribution in [0.2, 0.25) is 0 Å². The molecule has 4 nitrogen and oxygen atoms in total. The average molecular weight is 486 g/mol. The van der Waals surface area contributed by atoms with E-state index in [4.69, 9.17) is 4.74 Å². The first-order valence-corrected chi connectivity index (χ1v) is 14.2. The number of nitro benzene ring substituents is 1. The van der Waals surface area contributed by atoms with E-state index in [0.717, 1.165) is 28.6 Å². The van der Waals surface area contributed by atoms with Crippen LogP contribution < -0.4 is 4.74 Å². The van der Waals surface area contributed by atoms with Gasteiger partial charge in [-0.2, -0.15) is 0 Å². The number of ether oxygens (including phenoxy) is 1.